The number of alkyl carbamates (subject to hydrolysis) is 1. The number of furan rings is 1. The zero-order valence-corrected chi connectivity index (χ0v) is 14.9. The molecule has 0 radical (unpaired) electrons. The van der Waals surface area contributed by atoms with Gasteiger partial charge < -0.3 is 14.5 Å². The fourth-order valence-corrected chi connectivity index (χ4v) is 2.51. The van der Waals surface area contributed by atoms with Gasteiger partial charge in [-0.15, -0.1) is 0 Å². The molecule has 1 aromatic heterocycles. The molecule has 0 fully saturated rings. The minimum Gasteiger partial charge on any atom is -0.454 e. The Morgan fingerprint density at radius 2 is 2.00 bits per heavy atom. The van der Waals surface area contributed by atoms with Gasteiger partial charge in [0.2, 0.25) is 5.09 Å². The molecule has 0 aromatic carbocycles. The summed E-state index contributed by atoms with van der Waals surface area (Å²) >= 11 is 0. The number of rotatable bonds is 6. The molecule has 1 heterocycles. The van der Waals surface area contributed by atoms with Crippen molar-refractivity contribution in [3.63, 3.8) is 0 Å². The average molecular weight is 344 g/mol. The van der Waals surface area contributed by atoms with Crippen LogP contribution in [0, 0.1) is 5.92 Å². The van der Waals surface area contributed by atoms with Crippen LogP contribution in [-0.4, -0.2) is 27.9 Å². The fraction of sp³-hybridized carbons (Fsp3) is 0.600. The summed E-state index contributed by atoms with van der Waals surface area (Å²) in [6, 6.07) is 2.22. The lowest BCUT2D eigenvalue weighted by Crippen LogP contribution is -2.49. The zero-order chi connectivity index (χ0) is 17.6. The Bertz CT molecular complexity index is 549. The third kappa shape index (κ3) is 7.32. The monoisotopic (exact) mass is 344 g/mol. The molecule has 0 bridgehead atoms. The van der Waals surface area contributed by atoms with E-state index in [0.29, 0.717) is 6.42 Å². The Hall–Kier alpha value is -1.83. The Kier molecular flexibility index (Phi) is 6.80. The minimum atomic E-state index is -1.81. The first-order valence-corrected chi connectivity index (χ1v) is 8.48. The summed E-state index contributed by atoms with van der Waals surface area (Å²) in [4.78, 5) is 24.1. The third-order valence-corrected chi connectivity index (χ3v) is 3.57. The van der Waals surface area contributed by atoms with Crippen molar-refractivity contribution in [3.05, 3.63) is 18.4 Å². The van der Waals surface area contributed by atoms with Crippen molar-refractivity contribution < 1.29 is 23.0 Å². The summed E-state index contributed by atoms with van der Waals surface area (Å²) in [6.07, 6.45) is 1.06. The van der Waals surface area contributed by atoms with Crippen LogP contribution in [-0.2, 0) is 20.5 Å². The zero-order valence-electron chi connectivity index (χ0n) is 14.0. The highest BCUT2D eigenvalue weighted by atomic mass is 32.2. The van der Waals surface area contributed by atoms with Crippen LogP contribution in [0.2, 0.25) is 0 Å². The Morgan fingerprint density at radius 1 is 1.35 bits per heavy atom. The lowest BCUT2D eigenvalue weighted by Gasteiger charge is -2.23. The topological polar surface area (TPSA) is 97.6 Å². The van der Waals surface area contributed by atoms with Crippen molar-refractivity contribution in [2.75, 3.05) is 0 Å². The third-order valence-electron chi connectivity index (χ3n) is 2.59. The smallest absolute Gasteiger partial charge is 0.408 e. The van der Waals surface area contributed by atoms with E-state index in [-0.39, 0.29) is 11.0 Å². The number of hydrogen-bond acceptors (Lipinski definition) is 5. The summed E-state index contributed by atoms with van der Waals surface area (Å²) in [5, 5.41) is 2.65. The van der Waals surface area contributed by atoms with Gasteiger partial charge in [-0.05, 0) is 45.2 Å². The molecule has 8 heteroatoms. The molecular weight excluding hydrogens is 320 g/mol. The van der Waals surface area contributed by atoms with E-state index in [2.05, 4.69) is 10.0 Å². The number of carbonyl (C=O) groups is 2. The summed E-state index contributed by atoms with van der Waals surface area (Å²) in [6.45, 7) is 9.03. The number of nitrogens with one attached hydrogen (secondary N) is 2. The van der Waals surface area contributed by atoms with Gasteiger partial charge in [0.1, 0.15) is 11.6 Å². The van der Waals surface area contributed by atoms with E-state index < -0.39 is 34.6 Å². The molecule has 1 aromatic rings. The molecule has 23 heavy (non-hydrogen) atoms. The second kappa shape index (κ2) is 8.14. The molecule has 2 unspecified atom stereocenters. The van der Waals surface area contributed by atoms with Gasteiger partial charge in [0.05, 0.1) is 6.26 Å². The van der Waals surface area contributed by atoms with Gasteiger partial charge in [-0.1, -0.05) is 13.8 Å². The maximum Gasteiger partial charge on any atom is 0.408 e. The maximum absolute atomic E-state index is 12.3. The molecule has 0 aliphatic heterocycles. The largest absolute Gasteiger partial charge is 0.454 e. The predicted molar refractivity (Wildman–Crippen MR) is 85.9 cm³/mol. The number of amides is 2. The second-order valence-corrected chi connectivity index (χ2v) is 7.64. The van der Waals surface area contributed by atoms with Crippen LogP contribution in [0.15, 0.2) is 27.9 Å². The fourth-order valence-electron chi connectivity index (χ4n) is 1.73. The van der Waals surface area contributed by atoms with Crippen LogP contribution in [0.3, 0.4) is 0 Å². The van der Waals surface area contributed by atoms with Crippen LogP contribution in [0.5, 0.6) is 0 Å². The van der Waals surface area contributed by atoms with E-state index >= 15 is 0 Å². The standard InChI is InChI=1S/C15H24N2O5S/c1-10(2)9-11(16-14(19)22-15(3,4)5)13(18)17-23(20)12-7-6-8-21-12/h6-8,10-11H,9H2,1-5H3,(H,16,19)(H,17,18). The van der Waals surface area contributed by atoms with Crippen molar-refractivity contribution in [1.82, 2.24) is 10.0 Å². The number of ether oxygens (including phenoxy) is 1. The van der Waals surface area contributed by atoms with Gasteiger partial charge in [0, 0.05) is 0 Å². The van der Waals surface area contributed by atoms with Gasteiger partial charge in [0.15, 0.2) is 11.0 Å². The Labute approximate surface area is 138 Å². The molecule has 2 N–H and O–H groups in total. The summed E-state index contributed by atoms with van der Waals surface area (Å²) < 4.78 is 24.4. The molecule has 1 rings (SSSR count). The SMILES string of the molecule is CC(C)CC(NC(=O)OC(C)(C)C)C(=O)NS(=O)c1ccco1. The highest BCUT2D eigenvalue weighted by molar-refractivity contribution is 7.83. The van der Waals surface area contributed by atoms with E-state index in [1.807, 2.05) is 13.8 Å². The number of carbonyl (C=O) groups excluding carboxylic acids is 2. The maximum atomic E-state index is 12.3. The molecule has 0 aliphatic carbocycles. The van der Waals surface area contributed by atoms with E-state index in [0.717, 1.165) is 0 Å². The lowest BCUT2D eigenvalue weighted by atomic mass is 10.0. The normalized spacial score (nSPS) is 14.2. The predicted octanol–water partition coefficient (Wildman–Crippen LogP) is 2.36. The van der Waals surface area contributed by atoms with Crippen LogP contribution in [0.4, 0.5) is 4.79 Å². The molecular formula is C15H24N2O5S. The van der Waals surface area contributed by atoms with Gasteiger partial charge in [-0.2, -0.15) is 0 Å². The molecule has 2 atom stereocenters. The highest BCUT2D eigenvalue weighted by Gasteiger charge is 2.26. The van der Waals surface area contributed by atoms with E-state index in [1.54, 1.807) is 26.8 Å². The molecule has 0 saturated carbocycles. The van der Waals surface area contributed by atoms with Gasteiger partial charge >= 0.3 is 6.09 Å². The molecule has 0 aliphatic rings. The summed E-state index contributed by atoms with van der Waals surface area (Å²) in [7, 11) is -1.81. The molecule has 130 valence electrons. The van der Waals surface area contributed by atoms with Gasteiger partial charge in [0.25, 0.3) is 5.91 Å². The highest BCUT2D eigenvalue weighted by Crippen LogP contribution is 2.10. The lowest BCUT2D eigenvalue weighted by molar-refractivity contribution is -0.121. The quantitative estimate of drug-likeness (QED) is 0.825. The van der Waals surface area contributed by atoms with Crippen LogP contribution >= 0.6 is 0 Å². The van der Waals surface area contributed by atoms with Crippen LogP contribution < -0.4 is 10.0 Å². The second-order valence-electron chi connectivity index (χ2n) is 6.50. The molecule has 0 spiro atoms. The van der Waals surface area contributed by atoms with Gasteiger partial charge in [-0.3, -0.25) is 9.52 Å². The number of hydrogen-bond donors (Lipinski definition) is 2. The first kappa shape index (κ1) is 19.2. The van der Waals surface area contributed by atoms with Crippen molar-refractivity contribution in [2.24, 2.45) is 5.92 Å². The van der Waals surface area contributed by atoms with Crippen LogP contribution in [0.1, 0.15) is 41.0 Å². The van der Waals surface area contributed by atoms with Crippen molar-refractivity contribution in [1.29, 1.82) is 0 Å². The molecule has 0 saturated heterocycles. The van der Waals surface area contributed by atoms with Crippen LogP contribution in [0.25, 0.3) is 0 Å². The van der Waals surface area contributed by atoms with Gasteiger partial charge in [-0.25, -0.2) is 9.00 Å². The van der Waals surface area contributed by atoms with Crippen molar-refractivity contribution in [2.45, 2.75) is 57.8 Å². The Morgan fingerprint density at radius 3 is 2.48 bits per heavy atom. The summed E-state index contributed by atoms with van der Waals surface area (Å²) in [5.74, 6) is -0.406. The van der Waals surface area contributed by atoms with E-state index in [1.165, 1.54) is 12.3 Å². The average Bonchev–Trinajstić information content (AvgIpc) is 2.88. The first-order valence-electron chi connectivity index (χ1n) is 7.34. The van der Waals surface area contributed by atoms with Crippen molar-refractivity contribution >= 4 is 23.0 Å². The Balaban J connectivity index is 2.70. The first-order chi connectivity index (χ1) is 10.6. The molecule has 2 amide bonds. The molecule has 7 nitrogen and oxygen atoms in total. The van der Waals surface area contributed by atoms with E-state index in [4.69, 9.17) is 9.15 Å². The minimum absolute atomic E-state index is 0.138. The summed E-state index contributed by atoms with van der Waals surface area (Å²) in [5.41, 5.74) is -0.667. The van der Waals surface area contributed by atoms with Crippen molar-refractivity contribution in [3.8, 4) is 0 Å². The van der Waals surface area contributed by atoms with E-state index in [9.17, 15) is 13.8 Å².